The molecule has 2 unspecified atom stereocenters. The van der Waals surface area contributed by atoms with Crippen molar-refractivity contribution in [1.82, 2.24) is 0 Å². The zero-order valence-electron chi connectivity index (χ0n) is 14.5. The van der Waals surface area contributed by atoms with Gasteiger partial charge in [0, 0.05) is 17.7 Å². The first-order valence-electron chi connectivity index (χ1n) is 8.07. The van der Waals surface area contributed by atoms with Crippen LogP contribution in [0.15, 0.2) is 30.4 Å². The zero-order valence-corrected chi connectivity index (χ0v) is 14.5. The fraction of sp³-hybridized carbons (Fsp3) is 0.526. The number of benzene rings is 1. The normalized spacial score (nSPS) is 23.1. The van der Waals surface area contributed by atoms with Gasteiger partial charge in [0.05, 0.1) is 7.11 Å². The van der Waals surface area contributed by atoms with Crippen LogP contribution < -0.4 is 10.1 Å². The van der Waals surface area contributed by atoms with Crippen molar-refractivity contribution < 1.29 is 14.6 Å². The molecule has 0 radical (unpaired) electrons. The summed E-state index contributed by atoms with van der Waals surface area (Å²) in [5.74, 6) is 0.540. The number of carbonyl (C=O) groups is 1. The SMILES string of the molecule is C=C(C)C1CCC(C)(C)CC1C(=O)Nc1ccc(OC)c(O)c1. The van der Waals surface area contributed by atoms with Crippen molar-refractivity contribution in [2.45, 2.75) is 40.0 Å². The molecule has 1 aliphatic carbocycles. The number of anilines is 1. The summed E-state index contributed by atoms with van der Waals surface area (Å²) in [5.41, 5.74) is 1.81. The van der Waals surface area contributed by atoms with E-state index in [0.717, 1.165) is 24.8 Å². The van der Waals surface area contributed by atoms with E-state index >= 15 is 0 Å². The molecule has 0 saturated heterocycles. The maximum absolute atomic E-state index is 12.8. The lowest BCUT2D eigenvalue weighted by Crippen LogP contribution is -2.38. The third kappa shape index (κ3) is 4.06. The lowest BCUT2D eigenvalue weighted by Gasteiger charge is -2.40. The van der Waals surface area contributed by atoms with E-state index in [1.54, 1.807) is 12.1 Å². The summed E-state index contributed by atoms with van der Waals surface area (Å²) in [5, 5.41) is 12.8. The summed E-state index contributed by atoms with van der Waals surface area (Å²) in [6, 6.07) is 4.90. The summed E-state index contributed by atoms with van der Waals surface area (Å²) >= 11 is 0. The second-order valence-electron chi connectivity index (χ2n) is 7.34. The van der Waals surface area contributed by atoms with Gasteiger partial charge in [-0.05, 0) is 49.7 Å². The van der Waals surface area contributed by atoms with Crippen LogP contribution in [0, 0.1) is 17.3 Å². The van der Waals surface area contributed by atoms with Gasteiger partial charge in [-0.15, -0.1) is 0 Å². The molecule has 2 N–H and O–H groups in total. The van der Waals surface area contributed by atoms with Crippen LogP contribution in [0.4, 0.5) is 5.69 Å². The molecule has 1 aromatic carbocycles. The molecule has 2 rings (SSSR count). The van der Waals surface area contributed by atoms with Crippen LogP contribution >= 0.6 is 0 Å². The monoisotopic (exact) mass is 317 g/mol. The minimum Gasteiger partial charge on any atom is -0.504 e. The van der Waals surface area contributed by atoms with Crippen LogP contribution in [-0.4, -0.2) is 18.1 Å². The van der Waals surface area contributed by atoms with Crippen molar-refractivity contribution in [3.8, 4) is 11.5 Å². The summed E-state index contributed by atoms with van der Waals surface area (Å²) < 4.78 is 5.02. The predicted molar refractivity (Wildman–Crippen MR) is 92.7 cm³/mol. The Labute approximate surface area is 138 Å². The first-order chi connectivity index (χ1) is 10.7. The molecule has 0 aliphatic heterocycles. The van der Waals surface area contributed by atoms with Gasteiger partial charge in [-0.3, -0.25) is 4.79 Å². The lowest BCUT2D eigenvalue weighted by atomic mass is 9.65. The Kier molecular flexibility index (Phi) is 5.03. The van der Waals surface area contributed by atoms with Gasteiger partial charge in [-0.1, -0.05) is 26.0 Å². The fourth-order valence-electron chi connectivity index (χ4n) is 3.46. The molecule has 1 aromatic rings. The Morgan fingerprint density at radius 2 is 2.09 bits per heavy atom. The van der Waals surface area contributed by atoms with Gasteiger partial charge in [0.1, 0.15) is 0 Å². The molecule has 1 saturated carbocycles. The number of carbonyl (C=O) groups excluding carboxylic acids is 1. The van der Waals surface area contributed by atoms with E-state index in [4.69, 9.17) is 4.74 Å². The third-order valence-electron chi connectivity index (χ3n) is 4.81. The van der Waals surface area contributed by atoms with Crippen LogP contribution in [0.25, 0.3) is 0 Å². The minimum atomic E-state index is -0.0829. The van der Waals surface area contributed by atoms with Crippen molar-refractivity contribution in [2.24, 2.45) is 17.3 Å². The smallest absolute Gasteiger partial charge is 0.228 e. The molecular formula is C19H27NO3. The van der Waals surface area contributed by atoms with Crippen LogP contribution in [0.2, 0.25) is 0 Å². The summed E-state index contributed by atoms with van der Waals surface area (Å²) in [4.78, 5) is 12.8. The van der Waals surface area contributed by atoms with Gasteiger partial charge in [-0.25, -0.2) is 0 Å². The molecule has 23 heavy (non-hydrogen) atoms. The Balaban J connectivity index is 2.16. The first kappa shape index (κ1) is 17.4. The predicted octanol–water partition coefficient (Wildman–Crippen LogP) is 4.36. The number of aromatic hydroxyl groups is 1. The topological polar surface area (TPSA) is 58.6 Å². The number of nitrogens with one attached hydrogen (secondary N) is 1. The average Bonchev–Trinajstić information content (AvgIpc) is 2.46. The molecule has 0 heterocycles. The number of amides is 1. The highest BCUT2D eigenvalue weighted by Crippen LogP contribution is 2.44. The van der Waals surface area contributed by atoms with Crippen molar-refractivity contribution in [1.29, 1.82) is 0 Å². The number of phenols is 1. The summed E-state index contributed by atoms with van der Waals surface area (Å²) in [7, 11) is 1.49. The van der Waals surface area contributed by atoms with E-state index in [1.165, 1.54) is 13.2 Å². The number of phenolic OH excluding ortho intramolecular Hbond substituents is 1. The third-order valence-corrected chi connectivity index (χ3v) is 4.81. The van der Waals surface area contributed by atoms with Crippen LogP contribution in [0.5, 0.6) is 11.5 Å². The Bertz CT molecular complexity index is 607. The standard InChI is InChI=1S/C19H27NO3/c1-12(2)14-8-9-19(3,4)11-15(14)18(22)20-13-6-7-17(23-5)16(21)10-13/h6-7,10,14-15,21H,1,8-9,11H2,2-5H3,(H,20,22). The first-order valence-corrected chi connectivity index (χ1v) is 8.07. The van der Waals surface area contributed by atoms with Gasteiger partial charge in [0.15, 0.2) is 11.5 Å². The summed E-state index contributed by atoms with van der Waals surface area (Å²) in [6.45, 7) is 10.5. The molecule has 2 atom stereocenters. The van der Waals surface area contributed by atoms with Gasteiger partial charge in [-0.2, -0.15) is 0 Å². The largest absolute Gasteiger partial charge is 0.504 e. The lowest BCUT2D eigenvalue weighted by molar-refractivity contribution is -0.123. The molecule has 1 aliphatic rings. The highest BCUT2D eigenvalue weighted by Gasteiger charge is 2.39. The number of methoxy groups -OCH3 is 1. The van der Waals surface area contributed by atoms with E-state index in [9.17, 15) is 9.90 Å². The average molecular weight is 317 g/mol. The number of ether oxygens (including phenoxy) is 1. The highest BCUT2D eigenvalue weighted by molar-refractivity contribution is 5.93. The Morgan fingerprint density at radius 1 is 1.39 bits per heavy atom. The molecule has 0 spiro atoms. The molecule has 4 nitrogen and oxygen atoms in total. The van der Waals surface area contributed by atoms with Crippen molar-refractivity contribution in [3.63, 3.8) is 0 Å². The van der Waals surface area contributed by atoms with E-state index < -0.39 is 0 Å². The number of rotatable bonds is 4. The maximum Gasteiger partial charge on any atom is 0.228 e. The molecule has 0 bridgehead atoms. The quantitative estimate of drug-likeness (QED) is 0.811. The van der Waals surface area contributed by atoms with E-state index in [2.05, 4.69) is 25.7 Å². The number of allylic oxidation sites excluding steroid dienone is 1. The van der Waals surface area contributed by atoms with Crippen LogP contribution in [-0.2, 0) is 4.79 Å². The number of hydrogen-bond donors (Lipinski definition) is 2. The van der Waals surface area contributed by atoms with Gasteiger partial charge < -0.3 is 15.2 Å². The van der Waals surface area contributed by atoms with Gasteiger partial charge >= 0.3 is 0 Å². The minimum absolute atomic E-state index is 0.00431. The second-order valence-corrected chi connectivity index (χ2v) is 7.34. The Morgan fingerprint density at radius 3 is 2.65 bits per heavy atom. The fourth-order valence-corrected chi connectivity index (χ4v) is 3.46. The molecule has 126 valence electrons. The Hall–Kier alpha value is -1.97. The van der Waals surface area contributed by atoms with Crippen LogP contribution in [0.1, 0.15) is 40.0 Å². The molecule has 4 heteroatoms. The molecular weight excluding hydrogens is 290 g/mol. The molecule has 1 fully saturated rings. The number of hydrogen-bond acceptors (Lipinski definition) is 3. The second kappa shape index (κ2) is 6.65. The van der Waals surface area contributed by atoms with Gasteiger partial charge in [0.25, 0.3) is 0 Å². The zero-order chi connectivity index (χ0) is 17.2. The molecule has 1 amide bonds. The van der Waals surface area contributed by atoms with Crippen molar-refractivity contribution in [2.75, 3.05) is 12.4 Å². The highest BCUT2D eigenvalue weighted by atomic mass is 16.5. The van der Waals surface area contributed by atoms with Gasteiger partial charge in [0.2, 0.25) is 5.91 Å². The van der Waals surface area contributed by atoms with E-state index in [0.29, 0.717) is 11.4 Å². The van der Waals surface area contributed by atoms with Crippen molar-refractivity contribution in [3.05, 3.63) is 30.4 Å². The van der Waals surface area contributed by atoms with E-state index in [-0.39, 0.29) is 28.9 Å². The molecule has 0 aromatic heterocycles. The maximum atomic E-state index is 12.8. The summed E-state index contributed by atoms with van der Waals surface area (Å²) in [6.07, 6.45) is 2.95. The van der Waals surface area contributed by atoms with Crippen LogP contribution in [0.3, 0.4) is 0 Å². The van der Waals surface area contributed by atoms with E-state index in [1.807, 2.05) is 6.92 Å². The van der Waals surface area contributed by atoms with Crippen molar-refractivity contribution >= 4 is 11.6 Å².